The van der Waals surface area contributed by atoms with Gasteiger partial charge in [0.05, 0.1) is 52.8 Å². The number of allylic oxidation sites excluding steroid dienone is 1. The van der Waals surface area contributed by atoms with Crippen molar-refractivity contribution in [3.63, 3.8) is 0 Å². The molecule has 5 rings (SSSR count). The summed E-state index contributed by atoms with van der Waals surface area (Å²) in [5.74, 6) is -0.00331. The number of fused-ring (bicyclic) bond motifs is 1. The Morgan fingerprint density at radius 3 is 2.60 bits per heavy atom. The molecule has 2 aromatic heterocycles. The SMILES string of the molecule is CCOC(=O)C1=C(C)N=c2s/c(=C\c3ccc(-c4cc(C(=O)O)ccc4Cl)o3)c(=O)n2C1c1ccc(OC)c(OCC)c1. The number of nitrogens with zero attached hydrogens (tertiary/aromatic N) is 2. The summed E-state index contributed by atoms with van der Waals surface area (Å²) in [6, 6.07) is 12.0. The third-order valence-corrected chi connectivity index (χ3v) is 8.01. The van der Waals surface area contributed by atoms with Crippen LogP contribution in [-0.4, -0.2) is 41.9 Å². The van der Waals surface area contributed by atoms with E-state index >= 15 is 0 Å². The highest BCUT2D eigenvalue weighted by Gasteiger charge is 2.34. The smallest absolute Gasteiger partial charge is 0.338 e. The van der Waals surface area contributed by atoms with E-state index < -0.39 is 18.0 Å². The van der Waals surface area contributed by atoms with Crippen LogP contribution >= 0.6 is 22.9 Å². The van der Waals surface area contributed by atoms with E-state index in [4.69, 9.17) is 30.2 Å². The van der Waals surface area contributed by atoms with Crippen molar-refractivity contribution in [2.24, 2.45) is 4.99 Å². The maximum atomic E-state index is 13.9. The Kier molecular flexibility index (Phi) is 8.56. The van der Waals surface area contributed by atoms with Crippen molar-refractivity contribution in [2.45, 2.75) is 26.8 Å². The molecule has 2 aromatic carbocycles. The first-order valence-electron chi connectivity index (χ1n) is 13.3. The maximum absolute atomic E-state index is 13.9. The van der Waals surface area contributed by atoms with E-state index in [2.05, 4.69) is 4.99 Å². The second kappa shape index (κ2) is 12.3. The zero-order valence-electron chi connectivity index (χ0n) is 23.7. The molecule has 12 heteroatoms. The van der Waals surface area contributed by atoms with Gasteiger partial charge in [-0.05, 0) is 68.8 Å². The fourth-order valence-corrected chi connectivity index (χ4v) is 6.03. The number of carbonyl (C=O) groups is 2. The molecule has 0 amide bonds. The topological polar surface area (TPSA) is 130 Å². The molecule has 3 heterocycles. The summed E-state index contributed by atoms with van der Waals surface area (Å²) in [6.45, 7) is 5.80. The Labute approximate surface area is 254 Å². The van der Waals surface area contributed by atoms with Crippen LogP contribution in [0.15, 0.2) is 74.0 Å². The van der Waals surface area contributed by atoms with Crippen LogP contribution < -0.4 is 24.4 Å². The first kappa shape index (κ1) is 29.9. The highest BCUT2D eigenvalue weighted by atomic mass is 35.5. The number of hydrogen-bond donors (Lipinski definition) is 1. The Morgan fingerprint density at radius 2 is 1.91 bits per heavy atom. The highest BCUT2D eigenvalue weighted by molar-refractivity contribution is 7.07. The summed E-state index contributed by atoms with van der Waals surface area (Å²) in [5.41, 5.74) is 1.36. The molecule has 43 heavy (non-hydrogen) atoms. The standard InChI is InChI=1S/C31H27ClN2O8S/c1-5-40-24-14-17(8-11-23(24)39-4)27-26(30(38)41-6-2)16(3)33-31-34(27)28(35)25(43-31)15-19-9-12-22(42-19)20-13-18(29(36)37)7-10-21(20)32/h7-15,27H,5-6H2,1-4H3,(H,36,37)/b25-15-. The number of halogens is 1. The van der Waals surface area contributed by atoms with Gasteiger partial charge in [-0.1, -0.05) is 29.0 Å². The number of hydrogen-bond acceptors (Lipinski definition) is 9. The first-order chi connectivity index (χ1) is 20.7. The average molecular weight is 623 g/mol. The lowest BCUT2D eigenvalue weighted by Crippen LogP contribution is -2.39. The van der Waals surface area contributed by atoms with E-state index in [1.807, 2.05) is 6.92 Å². The van der Waals surface area contributed by atoms with Crippen LogP contribution in [0.25, 0.3) is 17.4 Å². The van der Waals surface area contributed by atoms with Crippen LogP contribution in [0.1, 0.15) is 48.5 Å². The van der Waals surface area contributed by atoms with Gasteiger partial charge in [0.2, 0.25) is 0 Å². The molecule has 1 aliphatic heterocycles. The summed E-state index contributed by atoms with van der Waals surface area (Å²) >= 11 is 7.46. The number of aromatic carboxylic acids is 1. The number of esters is 1. The maximum Gasteiger partial charge on any atom is 0.338 e. The molecular formula is C31H27ClN2O8S. The Bertz CT molecular complexity index is 1950. The number of ether oxygens (including phenoxy) is 3. The molecule has 222 valence electrons. The normalized spacial score (nSPS) is 14.7. The predicted octanol–water partition coefficient (Wildman–Crippen LogP) is 4.82. The van der Waals surface area contributed by atoms with E-state index in [1.54, 1.807) is 50.3 Å². The van der Waals surface area contributed by atoms with Gasteiger partial charge in [-0.2, -0.15) is 0 Å². The quantitative estimate of drug-likeness (QED) is 0.263. The second-order valence-corrected chi connectivity index (χ2v) is 10.8. The Morgan fingerprint density at radius 1 is 1.12 bits per heavy atom. The highest BCUT2D eigenvalue weighted by Crippen LogP contribution is 2.36. The summed E-state index contributed by atoms with van der Waals surface area (Å²) in [5, 5.41) is 9.68. The molecule has 1 unspecified atom stereocenters. The molecule has 1 N–H and O–H groups in total. The van der Waals surface area contributed by atoms with Gasteiger partial charge in [0.15, 0.2) is 16.3 Å². The van der Waals surface area contributed by atoms with Crippen LogP contribution in [0.4, 0.5) is 0 Å². The van der Waals surface area contributed by atoms with Crippen molar-refractivity contribution >= 4 is 41.0 Å². The number of aromatic nitrogens is 1. The van der Waals surface area contributed by atoms with Gasteiger partial charge in [0.25, 0.3) is 5.56 Å². The zero-order valence-corrected chi connectivity index (χ0v) is 25.2. The number of furan rings is 1. The number of thiazole rings is 1. The monoisotopic (exact) mass is 622 g/mol. The molecule has 10 nitrogen and oxygen atoms in total. The average Bonchev–Trinajstić information content (AvgIpc) is 3.56. The van der Waals surface area contributed by atoms with Gasteiger partial charge in [-0.25, -0.2) is 14.6 Å². The van der Waals surface area contributed by atoms with Crippen molar-refractivity contribution in [1.82, 2.24) is 4.57 Å². The van der Waals surface area contributed by atoms with Crippen molar-refractivity contribution in [3.05, 3.63) is 101 Å². The molecule has 0 saturated carbocycles. The summed E-state index contributed by atoms with van der Waals surface area (Å²) < 4.78 is 24.3. The van der Waals surface area contributed by atoms with E-state index in [0.717, 1.165) is 11.3 Å². The molecule has 4 aromatic rings. The van der Waals surface area contributed by atoms with Crippen molar-refractivity contribution in [2.75, 3.05) is 20.3 Å². The summed E-state index contributed by atoms with van der Waals surface area (Å²) in [6.07, 6.45) is 1.57. The summed E-state index contributed by atoms with van der Waals surface area (Å²) in [7, 11) is 1.53. The lowest BCUT2D eigenvalue weighted by Gasteiger charge is -2.25. The molecular weight excluding hydrogens is 596 g/mol. The largest absolute Gasteiger partial charge is 0.493 e. The third kappa shape index (κ3) is 5.73. The van der Waals surface area contributed by atoms with Crippen LogP contribution in [-0.2, 0) is 9.53 Å². The molecule has 0 spiro atoms. The minimum absolute atomic E-state index is 0.0597. The van der Waals surface area contributed by atoms with Gasteiger partial charge in [0.1, 0.15) is 11.5 Å². The number of carboxylic acids is 1. The van der Waals surface area contributed by atoms with Crippen molar-refractivity contribution in [1.29, 1.82) is 0 Å². The molecule has 0 saturated heterocycles. The van der Waals surface area contributed by atoms with E-state index in [1.165, 1.54) is 29.9 Å². The third-order valence-electron chi connectivity index (χ3n) is 6.70. The molecule has 1 aliphatic rings. The molecule has 0 fully saturated rings. The number of carbonyl (C=O) groups excluding carboxylic acids is 1. The van der Waals surface area contributed by atoms with E-state index in [-0.39, 0.29) is 23.3 Å². The minimum Gasteiger partial charge on any atom is -0.493 e. The first-order valence-corrected chi connectivity index (χ1v) is 14.5. The molecule has 0 aliphatic carbocycles. The number of carboxylic acid groups (broad SMARTS) is 1. The minimum atomic E-state index is -1.09. The lowest BCUT2D eigenvalue weighted by molar-refractivity contribution is -0.139. The van der Waals surface area contributed by atoms with Gasteiger partial charge in [-0.15, -0.1) is 0 Å². The Balaban J connectivity index is 1.65. The molecule has 0 bridgehead atoms. The number of benzene rings is 2. The van der Waals surface area contributed by atoms with E-state index in [9.17, 15) is 19.5 Å². The molecule has 1 atom stereocenters. The second-order valence-electron chi connectivity index (χ2n) is 9.35. The fourth-order valence-electron chi connectivity index (χ4n) is 4.79. The predicted molar refractivity (Wildman–Crippen MR) is 161 cm³/mol. The van der Waals surface area contributed by atoms with Gasteiger partial charge >= 0.3 is 11.9 Å². The van der Waals surface area contributed by atoms with Crippen molar-refractivity contribution < 1.29 is 33.3 Å². The lowest BCUT2D eigenvalue weighted by atomic mass is 9.95. The van der Waals surface area contributed by atoms with Gasteiger partial charge in [0, 0.05) is 11.6 Å². The van der Waals surface area contributed by atoms with Gasteiger partial charge < -0.3 is 23.7 Å². The Hall–Kier alpha value is -4.61. The van der Waals surface area contributed by atoms with Crippen LogP contribution in [0, 0.1) is 0 Å². The molecule has 0 radical (unpaired) electrons. The van der Waals surface area contributed by atoms with Crippen LogP contribution in [0.2, 0.25) is 5.02 Å². The van der Waals surface area contributed by atoms with E-state index in [0.29, 0.717) is 60.8 Å². The van der Waals surface area contributed by atoms with Crippen molar-refractivity contribution in [3.8, 4) is 22.8 Å². The fraction of sp³-hybridized carbons (Fsp3) is 0.226. The number of rotatable bonds is 9. The van der Waals surface area contributed by atoms with Gasteiger partial charge in [-0.3, -0.25) is 9.36 Å². The summed E-state index contributed by atoms with van der Waals surface area (Å²) in [4.78, 5) is 43.6. The zero-order chi connectivity index (χ0) is 30.8. The van der Waals surface area contributed by atoms with Crippen LogP contribution in [0.5, 0.6) is 11.5 Å². The number of methoxy groups -OCH3 is 1. The van der Waals surface area contributed by atoms with Crippen LogP contribution in [0.3, 0.4) is 0 Å².